The Balaban J connectivity index is 0.000000264. The molecule has 0 spiro atoms. The van der Waals surface area contributed by atoms with E-state index in [9.17, 15) is 18.0 Å². The van der Waals surface area contributed by atoms with Gasteiger partial charge in [0.2, 0.25) is 0 Å². The molecule has 2 aliphatic heterocycles. The second-order valence-electron chi connectivity index (χ2n) is 13.8. The molecule has 0 amide bonds. The predicted octanol–water partition coefficient (Wildman–Crippen LogP) is 9.78. The van der Waals surface area contributed by atoms with Crippen molar-refractivity contribution in [2.24, 2.45) is 0 Å². The highest BCUT2D eigenvalue weighted by molar-refractivity contribution is 5.98. The Kier molecular flexibility index (Phi) is 18.4. The van der Waals surface area contributed by atoms with Gasteiger partial charge in [-0.3, -0.25) is 14.1 Å². The third-order valence-electron chi connectivity index (χ3n) is 9.50. The van der Waals surface area contributed by atoms with Gasteiger partial charge in [-0.05, 0) is 74.6 Å². The molecule has 1 N–H and O–H groups in total. The van der Waals surface area contributed by atoms with Gasteiger partial charge in [-0.25, -0.2) is 4.98 Å². The zero-order chi connectivity index (χ0) is 38.8. The van der Waals surface area contributed by atoms with Crippen LogP contribution in [0.25, 0.3) is 11.3 Å². The molecule has 10 heteroatoms. The number of piperazine rings is 1. The van der Waals surface area contributed by atoms with Gasteiger partial charge in [-0.15, -0.1) is 0 Å². The van der Waals surface area contributed by atoms with Crippen LogP contribution in [0.3, 0.4) is 0 Å². The lowest BCUT2D eigenvalue weighted by Crippen LogP contribution is -2.44. The lowest BCUT2D eigenvalue weighted by Gasteiger charge is -2.33. The highest BCUT2D eigenvalue weighted by atomic mass is 19.4. The number of benzene rings is 1. The number of carbonyl (C=O) groups excluding carboxylic acids is 1. The molecule has 1 aromatic carbocycles. The first-order valence-corrected chi connectivity index (χ1v) is 19.5. The zero-order valence-corrected chi connectivity index (χ0v) is 33.0. The van der Waals surface area contributed by atoms with Crippen molar-refractivity contribution in [2.45, 2.75) is 99.1 Å². The highest BCUT2D eigenvalue weighted by Gasteiger charge is 2.31. The first-order valence-electron chi connectivity index (χ1n) is 19.5. The number of pyridine rings is 1. The van der Waals surface area contributed by atoms with Gasteiger partial charge < -0.3 is 15.0 Å². The van der Waals surface area contributed by atoms with Gasteiger partial charge >= 0.3 is 6.18 Å². The Labute approximate surface area is 316 Å². The third-order valence-corrected chi connectivity index (χ3v) is 9.50. The number of ether oxygens (including phenoxy) is 1. The van der Waals surface area contributed by atoms with Crippen LogP contribution >= 0.6 is 0 Å². The van der Waals surface area contributed by atoms with Crippen molar-refractivity contribution in [2.75, 3.05) is 52.4 Å². The molecule has 7 nitrogen and oxygen atoms in total. The Hall–Kier alpha value is -3.89. The molecule has 1 saturated heterocycles. The number of ketones is 1. The molecule has 0 saturated carbocycles. The number of fused-ring (bicyclic) bond motifs is 1. The molecule has 292 valence electrons. The topological polar surface area (TPSA) is 62.1 Å². The van der Waals surface area contributed by atoms with Crippen LogP contribution in [0.1, 0.15) is 103 Å². The standard InChI is InChI=1S/C23H29N3O.C16H23F3N2O.C4H10/c1-5-6-7-10-21(19(4)27)20-12-14-25(16-17(20)2)18(3)22-15-24-23-11-8-9-13-26(22)23;1-2-3-13-10-14(16(17,18)19)12-15(11-13)22-9-8-21-6-4-20-5-7-21;1-3-4-2/h8-11,13,15H,3,5-7,12,14,16H2,1-2,4H3;10-12,20H,2-9H2,1H3;3-4H2,1-2H3/b21-10-;;. The minimum absolute atomic E-state index is 0.175. The van der Waals surface area contributed by atoms with Gasteiger partial charge in [0.05, 0.1) is 23.2 Å². The Morgan fingerprint density at radius 1 is 1.02 bits per heavy atom. The summed E-state index contributed by atoms with van der Waals surface area (Å²) in [7, 11) is 0. The minimum Gasteiger partial charge on any atom is -0.492 e. The third kappa shape index (κ3) is 13.8. The molecule has 2 aliphatic rings. The molecule has 0 radical (unpaired) electrons. The number of Topliss-reactive ketones (excluding diaryl/α,β-unsaturated/α-hetero) is 1. The second-order valence-corrected chi connectivity index (χ2v) is 13.8. The van der Waals surface area contributed by atoms with Crippen molar-refractivity contribution in [3.8, 4) is 5.75 Å². The van der Waals surface area contributed by atoms with Crippen LogP contribution in [0.4, 0.5) is 13.2 Å². The largest absolute Gasteiger partial charge is 0.492 e. The summed E-state index contributed by atoms with van der Waals surface area (Å²) in [4.78, 5) is 21.2. The Morgan fingerprint density at radius 3 is 2.38 bits per heavy atom. The maximum atomic E-state index is 12.9. The lowest BCUT2D eigenvalue weighted by molar-refractivity contribution is -0.137. The van der Waals surface area contributed by atoms with Gasteiger partial charge in [0, 0.05) is 57.6 Å². The molecule has 1 fully saturated rings. The number of rotatable bonds is 14. The summed E-state index contributed by atoms with van der Waals surface area (Å²) >= 11 is 0. The van der Waals surface area contributed by atoms with Crippen LogP contribution in [-0.2, 0) is 17.4 Å². The van der Waals surface area contributed by atoms with Crippen LogP contribution in [0.15, 0.2) is 78.2 Å². The number of allylic oxidation sites excluding steroid dienone is 2. The van der Waals surface area contributed by atoms with Gasteiger partial charge in [0.1, 0.15) is 18.0 Å². The maximum Gasteiger partial charge on any atom is 0.416 e. The van der Waals surface area contributed by atoms with E-state index >= 15 is 0 Å². The van der Waals surface area contributed by atoms with E-state index in [1.54, 1.807) is 13.0 Å². The van der Waals surface area contributed by atoms with Gasteiger partial charge in [0.15, 0.2) is 5.78 Å². The van der Waals surface area contributed by atoms with E-state index in [0.717, 1.165) is 107 Å². The van der Waals surface area contributed by atoms with Crippen LogP contribution < -0.4 is 10.1 Å². The first kappa shape index (κ1) is 43.5. The van der Waals surface area contributed by atoms with Crippen molar-refractivity contribution in [3.05, 3.63) is 95.0 Å². The van der Waals surface area contributed by atoms with Crippen molar-refractivity contribution in [3.63, 3.8) is 0 Å². The van der Waals surface area contributed by atoms with Crippen LogP contribution in [0, 0.1) is 0 Å². The quantitative estimate of drug-likeness (QED) is 0.131. The number of halogens is 3. The number of aromatic nitrogens is 2. The summed E-state index contributed by atoms with van der Waals surface area (Å²) in [5, 5.41) is 3.26. The first-order chi connectivity index (χ1) is 25.4. The SMILES string of the molecule is C=C(c1cnc2ccccn12)N1CCC(/C(=C\CCCC)C(C)=O)=C(C)C1.CCCC.CCCc1cc(OCCN2CCNCC2)cc(C(F)(F)F)c1. The van der Waals surface area contributed by atoms with E-state index < -0.39 is 11.7 Å². The van der Waals surface area contributed by atoms with E-state index in [2.05, 4.69) is 64.9 Å². The predicted molar refractivity (Wildman–Crippen MR) is 212 cm³/mol. The summed E-state index contributed by atoms with van der Waals surface area (Å²) in [5.74, 6) is 0.489. The summed E-state index contributed by atoms with van der Waals surface area (Å²) in [6.07, 6.45) is 9.90. The fourth-order valence-electron chi connectivity index (χ4n) is 6.32. The van der Waals surface area contributed by atoms with E-state index in [1.807, 2.05) is 37.5 Å². The lowest BCUT2D eigenvalue weighted by atomic mass is 9.90. The number of hydrogen-bond donors (Lipinski definition) is 1. The monoisotopic (exact) mass is 737 g/mol. The molecular weight excluding hydrogens is 676 g/mol. The van der Waals surface area contributed by atoms with E-state index in [0.29, 0.717) is 24.3 Å². The molecule has 0 atom stereocenters. The minimum atomic E-state index is -4.33. The van der Waals surface area contributed by atoms with Crippen LogP contribution in [-0.4, -0.2) is 77.4 Å². The summed E-state index contributed by atoms with van der Waals surface area (Å²) in [6, 6.07) is 10.0. The van der Waals surface area contributed by atoms with Crippen molar-refractivity contribution in [1.82, 2.24) is 24.5 Å². The van der Waals surface area contributed by atoms with Crippen LogP contribution in [0.5, 0.6) is 5.75 Å². The number of carbonyl (C=O) groups is 1. The Bertz CT molecular complexity index is 1650. The molecule has 0 aliphatic carbocycles. The molecular formula is C43H62F3N5O2. The average Bonchev–Trinajstić information content (AvgIpc) is 3.58. The molecule has 0 bridgehead atoms. The maximum absolute atomic E-state index is 12.9. The fraction of sp³-hybridized carbons (Fsp3) is 0.535. The molecule has 5 rings (SSSR count). The second kappa shape index (κ2) is 22.4. The normalized spacial score (nSPS) is 15.4. The van der Waals surface area contributed by atoms with Gasteiger partial charge in [0.25, 0.3) is 0 Å². The van der Waals surface area contributed by atoms with Crippen molar-refractivity contribution in [1.29, 1.82) is 0 Å². The summed E-state index contributed by atoms with van der Waals surface area (Å²) in [5.41, 5.74) is 6.37. The van der Waals surface area contributed by atoms with Gasteiger partial charge in [-0.1, -0.05) is 84.1 Å². The number of nitrogens with one attached hydrogen (secondary N) is 1. The van der Waals surface area contributed by atoms with Gasteiger partial charge in [-0.2, -0.15) is 13.2 Å². The number of hydrogen-bond acceptors (Lipinski definition) is 6. The highest BCUT2D eigenvalue weighted by Crippen LogP contribution is 2.33. The summed E-state index contributed by atoms with van der Waals surface area (Å²) in [6.45, 7) is 23.3. The number of nitrogens with zero attached hydrogens (tertiary/aromatic N) is 4. The fourth-order valence-corrected chi connectivity index (χ4v) is 6.32. The molecule has 4 heterocycles. The smallest absolute Gasteiger partial charge is 0.416 e. The Morgan fingerprint density at radius 2 is 1.75 bits per heavy atom. The number of aryl methyl sites for hydroxylation is 1. The van der Waals surface area contributed by atoms with Crippen molar-refractivity contribution < 1.29 is 22.7 Å². The number of imidazole rings is 1. The zero-order valence-electron chi connectivity index (χ0n) is 33.0. The van der Waals surface area contributed by atoms with E-state index in [1.165, 1.54) is 30.1 Å². The molecule has 2 aromatic heterocycles. The summed E-state index contributed by atoms with van der Waals surface area (Å²) < 4.78 is 46.4. The van der Waals surface area contributed by atoms with E-state index in [-0.39, 0.29) is 5.78 Å². The molecule has 53 heavy (non-hydrogen) atoms. The van der Waals surface area contributed by atoms with Crippen LogP contribution in [0.2, 0.25) is 0 Å². The average molecular weight is 738 g/mol. The molecule has 0 unspecified atom stereocenters. The van der Waals surface area contributed by atoms with Crippen molar-refractivity contribution >= 4 is 17.1 Å². The van der Waals surface area contributed by atoms with E-state index in [4.69, 9.17) is 4.74 Å². The number of alkyl halides is 3. The number of unbranched alkanes of at least 4 members (excludes halogenated alkanes) is 3. The molecule has 3 aromatic rings.